The number of rotatable bonds is 7. The van der Waals surface area contributed by atoms with Crippen LogP contribution in [0, 0.1) is 5.82 Å². The van der Waals surface area contributed by atoms with Crippen LogP contribution >= 0.6 is 11.3 Å². The number of hydrogen-bond acceptors (Lipinski definition) is 5. The average molecular weight is 421 g/mol. The smallest absolute Gasteiger partial charge is 0.312 e. The van der Waals surface area contributed by atoms with E-state index in [4.69, 9.17) is 10.5 Å². The van der Waals surface area contributed by atoms with Crippen LogP contribution in [0.15, 0.2) is 35.7 Å². The first-order valence-electron chi connectivity index (χ1n) is 9.38. The van der Waals surface area contributed by atoms with Crippen LogP contribution in [0.1, 0.15) is 22.9 Å². The molecule has 7 nitrogen and oxygen atoms in total. The van der Waals surface area contributed by atoms with Crippen molar-refractivity contribution in [2.75, 3.05) is 33.3 Å². The first kappa shape index (κ1) is 21.1. The highest BCUT2D eigenvalue weighted by atomic mass is 32.1. The fourth-order valence-electron chi connectivity index (χ4n) is 3.45. The lowest BCUT2D eigenvalue weighted by Crippen LogP contribution is -2.49. The predicted octanol–water partition coefficient (Wildman–Crippen LogP) is 2.34. The summed E-state index contributed by atoms with van der Waals surface area (Å²) in [7, 11) is 1.57. The summed E-state index contributed by atoms with van der Waals surface area (Å²) in [4.78, 5) is 28.9. The minimum Gasteiger partial charge on any atom is -0.496 e. The second kappa shape index (κ2) is 9.71. The minimum atomic E-state index is -0.648. The van der Waals surface area contributed by atoms with Gasteiger partial charge in [0.1, 0.15) is 11.6 Å². The lowest BCUT2D eigenvalue weighted by molar-refractivity contribution is -0.133. The van der Waals surface area contributed by atoms with Gasteiger partial charge in [-0.15, -0.1) is 11.3 Å². The van der Waals surface area contributed by atoms with Gasteiger partial charge in [0.2, 0.25) is 5.91 Å². The normalized spacial score (nSPS) is 15.7. The molecule has 3 rings (SSSR count). The largest absolute Gasteiger partial charge is 0.496 e. The fraction of sp³-hybridized carbons (Fsp3) is 0.400. The number of nitrogens with two attached hydrogens (primary N) is 1. The van der Waals surface area contributed by atoms with Crippen molar-refractivity contribution in [2.24, 2.45) is 5.73 Å². The molecule has 1 aliphatic rings. The van der Waals surface area contributed by atoms with Gasteiger partial charge in [-0.1, -0.05) is 6.07 Å². The highest BCUT2D eigenvalue weighted by molar-refractivity contribution is 7.10. The topological polar surface area (TPSA) is 87.9 Å². The third-order valence-corrected chi connectivity index (χ3v) is 5.93. The van der Waals surface area contributed by atoms with E-state index in [1.165, 1.54) is 23.5 Å². The fourth-order valence-corrected chi connectivity index (χ4v) is 4.23. The molecule has 3 amide bonds. The lowest BCUT2D eigenvalue weighted by Gasteiger charge is -2.35. The van der Waals surface area contributed by atoms with E-state index in [9.17, 15) is 14.0 Å². The molecule has 0 spiro atoms. The van der Waals surface area contributed by atoms with E-state index in [2.05, 4.69) is 10.2 Å². The molecular weight excluding hydrogens is 395 g/mol. The SMILES string of the molecule is COc1ccc(F)cc1CN1CCN(C(=O)CC(NC(N)=O)c2cccs2)CC1. The van der Waals surface area contributed by atoms with Crippen molar-refractivity contribution < 1.29 is 18.7 Å². The maximum atomic E-state index is 13.6. The highest BCUT2D eigenvalue weighted by Crippen LogP contribution is 2.24. The van der Waals surface area contributed by atoms with Crippen molar-refractivity contribution in [1.82, 2.24) is 15.1 Å². The summed E-state index contributed by atoms with van der Waals surface area (Å²) in [5, 5.41) is 4.55. The monoisotopic (exact) mass is 420 g/mol. The zero-order chi connectivity index (χ0) is 20.8. The van der Waals surface area contributed by atoms with Gasteiger partial charge in [0.15, 0.2) is 0 Å². The molecule has 0 aliphatic carbocycles. The molecular formula is C20H25FN4O3S. The van der Waals surface area contributed by atoms with Crippen LogP contribution in [0.2, 0.25) is 0 Å². The van der Waals surface area contributed by atoms with E-state index < -0.39 is 12.1 Å². The Kier molecular flexibility index (Phi) is 7.05. The van der Waals surface area contributed by atoms with Crippen molar-refractivity contribution in [3.63, 3.8) is 0 Å². The molecule has 1 aliphatic heterocycles. The Balaban J connectivity index is 1.55. The van der Waals surface area contributed by atoms with Crippen molar-refractivity contribution in [1.29, 1.82) is 0 Å². The number of carbonyl (C=O) groups is 2. The summed E-state index contributed by atoms with van der Waals surface area (Å²) in [6, 6.07) is 7.17. The molecule has 0 bridgehead atoms. The third-order valence-electron chi connectivity index (χ3n) is 4.94. The zero-order valence-electron chi connectivity index (χ0n) is 16.3. The number of hydrogen-bond donors (Lipinski definition) is 2. The quantitative estimate of drug-likeness (QED) is 0.720. The van der Waals surface area contributed by atoms with Crippen molar-refractivity contribution in [3.05, 3.63) is 52.0 Å². The number of thiophene rings is 1. The minimum absolute atomic E-state index is 0.0277. The summed E-state index contributed by atoms with van der Waals surface area (Å²) in [5.41, 5.74) is 6.05. The van der Waals surface area contributed by atoms with Crippen LogP contribution in [0.5, 0.6) is 5.75 Å². The molecule has 2 aromatic rings. The first-order chi connectivity index (χ1) is 14.0. The summed E-state index contributed by atoms with van der Waals surface area (Å²) in [5.74, 6) is 0.331. The Bertz CT molecular complexity index is 838. The van der Waals surface area contributed by atoms with Crippen LogP contribution in [-0.2, 0) is 11.3 Å². The standard InChI is InChI=1S/C20H25FN4O3S/c1-28-17-5-4-15(21)11-14(17)13-24-6-8-25(9-7-24)19(26)12-16(23-20(22)27)18-3-2-10-29-18/h2-5,10-11,16H,6-9,12-13H2,1H3,(H3,22,23,27). The second-order valence-electron chi connectivity index (χ2n) is 6.89. The van der Waals surface area contributed by atoms with Gasteiger partial charge in [-0.3, -0.25) is 9.69 Å². The number of methoxy groups -OCH3 is 1. The number of primary amides is 1. The molecule has 1 fully saturated rings. The molecule has 1 saturated heterocycles. The van der Waals surface area contributed by atoms with E-state index in [-0.39, 0.29) is 18.1 Å². The summed E-state index contributed by atoms with van der Waals surface area (Å²) in [6.45, 7) is 3.06. The Morgan fingerprint density at radius 1 is 1.28 bits per heavy atom. The van der Waals surface area contributed by atoms with Gasteiger partial charge in [0.25, 0.3) is 0 Å². The molecule has 0 radical (unpaired) electrons. The average Bonchev–Trinajstić information content (AvgIpc) is 3.23. The van der Waals surface area contributed by atoms with Crippen molar-refractivity contribution in [3.8, 4) is 5.75 Å². The third kappa shape index (κ3) is 5.68. The number of nitrogens with zero attached hydrogens (tertiary/aromatic N) is 2. The predicted molar refractivity (Wildman–Crippen MR) is 109 cm³/mol. The Hall–Kier alpha value is -2.65. The maximum Gasteiger partial charge on any atom is 0.312 e. The van der Waals surface area contributed by atoms with Gasteiger partial charge < -0.3 is 20.7 Å². The van der Waals surface area contributed by atoms with Crippen LogP contribution in [0.4, 0.5) is 9.18 Å². The van der Waals surface area contributed by atoms with E-state index >= 15 is 0 Å². The highest BCUT2D eigenvalue weighted by Gasteiger charge is 2.25. The summed E-state index contributed by atoms with van der Waals surface area (Å²) in [6.07, 6.45) is 0.168. The van der Waals surface area contributed by atoms with Gasteiger partial charge in [0, 0.05) is 43.2 Å². The van der Waals surface area contributed by atoms with Crippen LogP contribution < -0.4 is 15.8 Å². The number of halogens is 1. The van der Waals surface area contributed by atoms with E-state index in [0.717, 1.165) is 10.4 Å². The van der Waals surface area contributed by atoms with Gasteiger partial charge in [0.05, 0.1) is 19.6 Å². The molecule has 3 N–H and O–H groups in total. The maximum absolute atomic E-state index is 13.6. The Labute approximate surface area is 173 Å². The molecule has 1 unspecified atom stereocenters. The summed E-state index contributed by atoms with van der Waals surface area (Å²) >= 11 is 1.48. The molecule has 1 aromatic heterocycles. The number of carbonyl (C=O) groups excluding carboxylic acids is 2. The number of ether oxygens (including phenoxy) is 1. The Morgan fingerprint density at radius 2 is 2.03 bits per heavy atom. The molecule has 29 heavy (non-hydrogen) atoms. The van der Waals surface area contributed by atoms with Gasteiger partial charge >= 0.3 is 6.03 Å². The van der Waals surface area contributed by atoms with E-state index in [1.54, 1.807) is 18.1 Å². The molecule has 0 saturated carbocycles. The van der Waals surface area contributed by atoms with E-state index in [1.807, 2.05) is 17.5 Å². The van der Waals surface area contributed by atoms with Gasteiger partial charge in [-0.2, -0.15) is 0 Å². The molecule has 156 valence electrons. The molecule has 1 atom stereocenters. The number of urea groups is 1. The molecule has 1 aromatic carbocycles. The number of benzene rings is 1. The second-order valence-corrected chi connectivity index (χ2v) is 7.87. The lowest BCUT2D eigenvalue weighted by atomic mass is 10.1. The number of amides is 3. The Morgan fingerprint density at radius 3 is 2.66 bits per heavy atom. The van der Waals surface area contributed by atoms with E-state index in [0.29, 0.717) is 38.5 Å². The van der Waals surface area contributed by atoms with Crippen LogP contribution in [-0.4, -0.2) is 55.0 Å². The van der Waals surface area contributed by atoms with Gasteiger partial charge in [-0.05, 0) is 29.6 Å². The number of piperazine rings is 1. The van der Waals surface area contributed by atoms with Crippen LogP contribution in [0.25, 0.3) is 0 Å². The van der Waals surface area contributed by atoms with Gasteiger partial charge in [-0.25, -0.2) is 9.18 Å². The molecule has 2 heterocycles. The number of nitrogens with one attached hydrogen (secondary N) is 1. The zero-order valence-corrected chi connectivity index (χ0v) is 17.1. The van der Waals surface area contributed by atoms with Crippen LogP contribution in [0.3, 0.4) is 0 Å². The first-order valence-corrected chi connectivity index (χ1v) is 10.3. The molecule has 9 heteroatoms. The van der Waals surface area contributed by atoms with Crippen molar-refractivity contribution in [2.45, 2.75) is 19.0 Å². The summed E-state index contributed by atoms with van der Waals surface area (Å²) < 4.78 is 18.9. The van der Waals surface area contributed by atoms with Crippen molar-refractivity contribution >= 4 is 23.3 Å².